The quantitative estimate of drug-likeness (QED) is 0.215. The number of carbonyl (C=O) groups excluding carboxylic acids is 1. The van der Waals surface area contributed by atoms with Gasteiger partial charge in [0.15, 0.2) is 5.82 Å². The first kappa shape index (κ1) is 20.8. The summed E-state index contributed by atoms with van der Waals surface area (Å²) in [5, 5.41) is 5.36. The molecule has 6 nitrogen and oxygen atoms in total. The van der Waals surface area contributed by atoms with Crippen LogP contribution in [-0.4, -0.2) is 29.7 Å². The van der Waals surface area contributed by atoms with Gasteiger partial charge in [-0.2, -0.15) is 0 Å². The molecular weight excluding hydrogens is 443 g/mol. The number of benzene rings is 1. The zero-order valence-corrected chi connectivity index (χ0v) is 17.8. The van der Waals surface area contributed by atoms with Gasteiger partial charge in [-0.25, -0.2) is 20.2 Å². The lowest BCUT2D eigenvalue weighted by molar-refractivity contribution is 0.0239. The average Bonchev–Trinajstić information content (AvgIpc) is 2.56. The van der Waals surface area contributed by atoms with Crippen LogP contribution in [0.15, 0.2) is 30.5 Å². The van der Waals surface area contributed by atoms with Crippen molar-refractivity contribution in [2.75, 3.05) is 24.4 Å². The van der Waals surface area contributed by atoms with Gasteiger partial charge >= 0.3 is 5.97 Å². The Morgan fingerprint density at radius 1 is 1.35 bits per heavy atom. The fourth-order valence-corrected chi connectivity index (χ4v) is 3.51. The Morgan fingerprint density at radius 3 is 2.62 bits per heavy atom. The van der Waals surface area contributed by atoms with Gasteiger partial charge in [0, 0.05) is 32.2 Å². The van der Waals surface area contributed by atoms with Crippen molar-refractivity contribution in [3.8, 4) is 0 Å². The smallest absolute Gasteiger partial charge is 0.343 e. The van der Waals surface area contributed by atoms with Gasteiger partial charge in [0.05, 0.1) is 16.3 Å². The standard InChI is InChI=1S/C17H19BrCl2N4O2/c1-10-8-11(19)9-12(14(10)21-3)16(25)26-17(2,18)24(22-4)15-13(20)6-5-7-23-15/h5-9,21-22H,1-4H3. The summed E-state index contributed by atoms with van der Waals surface area (Å²) >= 11 is 15.7. The molecule has 26 heavy (non-hydrogen) atoms. The first-order valence-electron chi connectivity index (χ1n) is 7.69. The van der Waals surface area contributed by atoms with Gasteiger partial charge in [-0.05, 0) is 52.7 Å². The Balaban J connectivity index is 2.36. The number of carbonyl (C=O) groups is 1. The number of anilines is 2. The number of ether oxygens (including phenoxy) is 1. The van der Waals surface area contributed by atoms with Gasteiger partial charge in [-0.15, -0.1) is 0 Å². The number of esters is 1. The SMILES string of the molecule is CNc1c(C)cc(Cl)cc1C(=O)OC(C)(Br)N(NC)c1ncccc1Cl. The number of nitrogens with one attached hydrogen (secondary N) is 2. The Kier molecular flexibility index (Phi) is 6.74. The lowest BCUT2D eigenvalue weighted by atomic mass is 10.1. The molecule has 0 radical (unpaired) electrons. The maximum absolute atomic E-state index is 12.8. The second-order valence-electron chi connectivity index (χ2n) is 5.52. The number of rotatable bonds is 6. The largest absolute Gasteiger partial charge is 0.424 e. The molecule has 9 heteroatoms. The van der Waals surface area contributed by atoms with Crippen LogP contribution in [0.25, 0.3) is 0 Å². The first-order chi connectivity index (χ1) is 12.2. The molecule has 0 aliphatic rings. The number of aromatic nitrogens is 1. The van der Waals surface area contributed by atoms with Crippen molar-refractivity contribution in [2.24, 2.45) is 0 Å². The van der Waals surface area contributed by atoms with Crippen LogP contribution in [0, 0.1) is 6.92 Å². The van der Waals surface area contributed by atoms with Gasteiger partial charge in [0.25, 0.3) is 4.63 Å². The maximum atomic E-state index is 12.8. The van der Waals surface area contributed by atoms with Crippen LogP contribution in [0.5, 0.6) is 0 Å². The van der Waals surface area contributed by atoms with Gasteiger partial charge in [-0.1, -0.05) is 23.2 Å². The Labute approximate surface area is 170 Å². The molecule has 0 saturated carbocycles. The van der Waals surface area contributed by atoms with E-state index in [-0.39, 0.29) is 0 Å². The fraction of sp³-hybridized carbons (Fsp3) is 0.294. The molecule has 0 aliphatic heterocycles. The van der Waals surface area contributed by atoms with Crippen LogP contribution < -0.4 is 15.8 Å². The second-order valence-corrected chi connectivity index (χ2v) is 7.84. The van der Waals surface area contributed by atoms with Crippen LogP contribution >= 0.6 is 39.1 Å². The molecule has 140 valence electrons. The van der Waals surface area contributed by atoms with E-state index in [1.807, 2.05) is 6.92 Å². The fourth-order valence-electron chi connectivity index (χ4n) is 2.54. The van der Waals surface area contributed by atoms with E-state index < -0.39 is 10.6 Å². The highest BCUT2D eigenvalue weighted by molar-refractivity contribution is 9.10. The minimum absolute atomic E-state index is 0.325. The van der Waals surface area contributed by atoms with Crippen molar-refractivity contribution in [3.05, 3.63) is 51.6 Å². The predicted molar refractivity (Wildman–Crippen MR) is 109 cm³/mol. The van der Waals surface area contributed by atoms with Gasteiger partial charge in [0.2, 0.25) is 0 Å². The van der Waals surface area contributed by atoms with Crippen LogP contribution in [0.2, 0.25) is 10.0 Å². The Bertz CT molecular complexity index is 817. The molecule has 1 heterocycles. The zero-order chi connectivity index (χ0) is 19.5. The van der Waals surface area contributed by atoms with Crippen molar-refractivity contribution in [1.82, 2.24) is 10.4 Å². The molecule has 2 N–H and O–H groups in total. The number of aryl methyl sites for hydroxylation is 1. The van der Waals surface area contributed by atoms with Gasteiger partial charge < -0.3 is 10.1 Å². The molecule has 0 bridgehead atoms. The predicted octanol–water partition coefficient (Wildman–Crippen LogP) is 4.60. The lowest BCUT2D eigenvalue weighted by Gasteiger charge is -2.36. The monoisotopic (exact) mass is 460 g/mol. The summed E-state index contributed by atoms with van der Waals surface area (Å²) in [5.74, 6) is -0.161. The number of alkyl halides is 1. The van der Waals surface area contributed by atoms with Crippen LogP contribution in [0.3, 0.4) is 0 Å². The van der Waals surface area contributed by atoms with Crippen LogP contribution in [0.4, 0.5) is 11.5 Å². The molecule has 1 aromatic heterocycles. The minimum atomic E-state index is -1.27. The summed E-state index contributed by atoms with van der Waals surface area (Å²) < 4.78 is 4.42. The van der Waals surface area contributed by atoms with Crippen LogP contribution in [-0.2, 0) is 4.74 Å². The number of hydrazine groups is 1. The van der Waals surface area contributed by atoms with Crippen molar-refractivity contribution >= 4 is 56.6 Å². The van der Waals surface area contributed by atoms with Crippen molar-refractivity contribution in [3.63, 3.8) is 0 Å². The number of hydrogen-bond acceptors (Lipinski definition) is 6. The summed E-state index contributed by atoms with van der Waals surface area (Å²) in [7, 11) is 3.40. The number of pyridine rings is 1. The third-order valence-electron chi connectivity index (χ3n) is 3.62. The summed E-state index contributed by atoms with van der Waals surface area (Å²) in [6, 6.07) is 6.73. The van der Waals surface area contributed by atoms with E-state index in [9.17, 15) is 4.79 Å². The minimum Gasteiger partial charge on any atom is -0.424 e. The van der Waals surface area contributed by atoms with E-state index in [1.54, 1.807) is 51.5 Å². The van der Waals surface area contributed by atoms with E-state index in [2.05, 4.69) is 31.7 Å². The van der Waals surface area contributed by atoms with Gasteiger partial charge in [0.1, 0.15) is 0 Å². The number of hydrogen-bond donors (Lipinski definition) is 2. The number of halogens is 3. The van der Waals surface area contributed by atoms with Gasteiger partial charge in [-0.3, -0.25) is 0 Å². The van der Waals surface area contributed by atoms with E-state index in [1.165, 1.54) is 5.01 Å². The normalized spacial score (nSPS) is 13.0. The highest BCUT2D eigenvalue weighted by Crippen LogP contribution is 2.34. The summed E-state index contributed by atoms with van der Waals surface area (Å²) in [4.78, 5) is 17.1. The topological polar surface area (TPSA) is 66.5 Å². The summed E-state index contributed by atoms with van der Waals surface area (Å²) in [5.41, 5.74) is 4.74. The third kappa shape index (κ3) is 4.40. The molecule has 1 atom stereocenters. The molecular formula is C17H19BrCl2N4O2. The number of nitrogens with zero attached hydrogens (tertiary/aromatic N) is 2. The third-order valence-corrected chi connectivity index (χ3v) is 4.65. The van der Waals surface area contributed by atoms with E-state index in [0.29, 0.717) is 27.1 Å². The Hall–Kier alpha value is -1.54. The summed E-state index contributed by atoms with van der Waals surface area (Å²) in [6.45, 7) is 3.51. The van der Waals surface area contributed by atoms with Crippen molar-refractivity contribution in [1.29, 1.82) is 0 Å². The highest BCUT2D eigenvalue weighted by atomic mass is 79.9. The molecule has 0 aliphatic carbocycles. The van der Waals surface area contributed by atoms with Crippen LogP contribution in [0.1, 0.15) is 22.8 Å². The first-order valence-corrected chi connectivity index (χ1v) is 9.24. The second kappa shape index (κ2) is 8.43. The molecule has 0 saturated heterocycles. The van der Waals surface area contributed by atoms with E-state index in [0.717, 1.165) is 5.56 Å². The van der Waals surface area contributed by atoms with Crippen molar-refractivity contribution in [2.45, 2.75) is 18.5 Å². The molecule has 2 rings (SSSR count). The lowest BCUT2D eigenvalue weighted by Crippen LogP contribution is -2.52. The Morgan fingerprint density at radius 2 is 2.04 bits per heavy atom. The highest BCUT2D eigenvalue weighted by Gasteiger charge is 2.36. The zero-order valence-electron chi connectivity index (χ0n) is 14.7. The molecule has 1 unspecified atom stereocenters. The summed E-state index contributed by atoms with van der Waals surface area (Å²) in [6.07, 6.45) is 1.59. The maximum Gasteiger partial charge on any atom is 0.343 e. The molecule has 0 spiro atoms. The van der Waals surface area contributed by atoms with Crippen molar-refractivity contribution < 1.29 is 9.53 Å². The molecule has 1 aromatic carbocycles. The molecule has 2 aromatic rings. The molecule has 0 fully saturated rings. The average molecular weight is 462 g/mol. The molecule has 0 amide bonds. The van der Waals surface area contributed by atoms with E-state index in [4.69, 9.17) is 27.9 Å². The van der Waals surface area contributed by atoms with E-state index >= 15 is 0 Å².